The number of aromatic nitrogens is 1. The maximum atomic E-state index is 12.8. The maximum absolute atomic E-state index is 12.8. The average Bonchev–Trinajstić information content (AvgIpc) is 3.17. The van der Waals surface area contributed by atoms with Crippen molar-refractivity contribution in [2.75, 3.05) is 12.3 Å². The number of nitrogens with zero attached hydrogens (tertiary/aromatic N) is 1. The van der Waals surface area contributed by atoms with Crippen LogP contribution in [0.5, 0.6) is 0 Å². The summed E-state index contributed by atoms with van der Waals surface area (Å²) in [5, 5.41) is 2.91. The Labute approximate surface area is 162 Å². The first-order valence-corrected chi connectivity index (χ1v) is 9.84. The Balaban J connectivity index is 1.32. The molecule has 0 fully saturated rings. The molecule has 0 aliphatic heterocycles. The van der Waals surface area contributed by atoms with Crippen LogP contribution >= 0.6 is 11.8 Å². The number of hydrogen-bond donors (Lipinski definition) is 1. The number of hydrogen-bond acceptors (Lipinski definition) is 4. The molecular weight excluding hydrogens is 363 g/mol. The molecule has 0 unspecified atom stereocenters. The van der Waals surface area contributed by atoms with Crippen molar-refractivity contribution in [3.8, 4) is 11.3 Å². The maximum Gasteiger partial charge on any atom is 0.220 e. The van der Waals surface area contributed by atoms with Gasteiger partial charge in [-0.1, -0.05) is 30.3 Å². The monoisotopic (exact) mass is 384 g/mol. The summed E-state index contributed by atoms with van der Waals surface area (Å²) < 4.78 is 18.5. The third-order valence-corrected chi connectivity index (χ3v) is 5.00. The minimum absolute atomic E-state index is 0.0127. The van der Waals surface area contributed by atoms with Crippen LogP contribution in [0.2, 0.25) is 0 Å². The predicted molar refractivity (Wildman–Crippen MR) is 105 cm³/mol. The number of carbonyl (C=O) groups excluding carboxylic acids is 1. The molecule has 3 aromatic rings. The number of halogens is 1. The zero-order valence-corrected chi connectivity index (χ0v) is 15.7. The number of aryl methyl sites for hydroxylation is 1. The van der Waals surface area contributed by atoms with Gasteiger partial charge >= 0.3 is 0 Å². The van der Waals surface area contributed by atoms with Crippen molar-refractivity contribution < 1.29 is 13.6 Å². The van der Waals surface area contributed by atoms with E-state index in [1.165, 1.54) is 12.1 Å². The number of oxazole rings is 1. The molecule has 1 heterocycles. The Morgan fingerprint density at radius 3 is 2.67 bits per heavy atom. The van der Waals surface area contributed by atoms with Gasteiger partial charge < -0.3 is 9.73 Å². The molecule has 0 bridgehead atoms. The van der Waals surface area contributed by atoms with Crippen molar-refractivity contribution in [1.82, 2.24) is 10.3 Å². The molecule has 0 spiro atoms. The van der Waals surface area contributed by atoms with Gasteiger partial charge in [0.2, 0.25) is 5.91 Å². The van der Waals surface area contributed by atoms with Crippen LogP contribution in [0.15, 0.2) is 70.1 Å². The summed E-state index contributed by atoms with van der Waals surface area (Å²) in [4.78, 5) is 17.2. The molecule has 2 aromatic carbocycles. The van der Waals surface area contributed by atoms with Crippen LogP contribution in [0.1, 0.15) is 18.7 Å². The van der Waals surface area contributed by atoms with Crippen molar-refractivity contribution >= 4 is 17.7 Å². The molecule has 0 aliphatic carbocycles. The van der Waals surface area contributed by atoms with E-state index in [-0.39, 0.29) is 11.7 Å². The minimum atomic E-state index is -0.228. The number of thioether (sulfide) groups is 1. The Morgan fingerprint density at radius 2 is 1.89 bits per heavy atom. The van der Waals surface area contributed by atoms with E-state index < -0.39 is 0 Å². The second-order valence-electron chi connectivity index (χ2n) is 5.99. The summed E-state index contributed by atoms with van der Waals surface area (Å²) in [6, 6.07) is 16.2. The highest BCUT2D eigenvalue weighted by Crippen LogP contribution is 2.20. The summed E-state index contributed by atoms with van der Waals surface area (Å²) >= 11 is 1.65. The highest BCUT2D eigenvalue weighted by Gasteiger charge is 2.08. The molecule has 0 saturated carbocycles. The quantitative estimate of drug-likeness (QED) is 0.429. The fourth-order valence-corrected chi connectivity index (χ4v) is 3.34. The van der Waals surface area contributed by atoms with Gasteiger partial charge in [-0.2, -0.15) is 0 Å². The van der Waals surface area contributed by atoms with Gasteiger partial charge in [-0.25, -0.2) is 9.37 Å². The molecule has 1 amide bonds. The molecule has 4 nitrogen and oxygen atoms in total. The normalized spacial score (nSPS) is 10.7. The molecule has 3 rings (SSSR count). The van der Waals surface area contributed by atoms with Crippen LogP contribution in [0.25, 0.3) is 11.3 Å². The van der Waals surface area contributed by atoms with E-state index in [4.69, 9.17) is 4.42 Å². The van der Waals surface area contributed by atoms with Crippen LogP contribution in [-0.4, -0.2) is 23.2 Å². The molecular formula is C21H21FN2O2S. The zero-order chi connectivity index (χ0) is 18.9. The summed E-state index contributed by atoms with van der Waals surface area (Å²) in [5.41, 5.74) is 0.972. The molecule has 1 N–H and O–H groups in total. The van der Waals surface area contributed by atoms with Gasteiger partial charge in [0.25, 0.3) is 0 Å². The van der Waals surface area contributed by atoms with Crippen LogP contribution in [0.4, 0.5) is 4.39 Å². The van der Waals surface area contributed by atoms with Gasteiger partial charge in [-0.3, -0.25) is 4.79 Å². The largest absolute Gasteiger partial charge is 0.441 e. The molecule has 140 valence electrons. The number of rotatable bonds is 9. The van der Waals surface area contributed by atoms with Crippen molar-refractivity contribution in [2.45, 2.75) is 24.2 Å². The summed E-state index contributed by atoms with van der Waals surface area (Å²) in [6.07, 6.45) is 3.36. The van der Waals surface area contributed by atoms with E-state index in [0.717, 1.165) is 22.6 Å². The Kier molecular flexibility index (Phi) is 7.04. The lowest BCUT2D eigenvalue weighted by Crippen LogP contribution is -2.25. The topological polar surface area (TPSA) is 55.1 Å². The molecule has 0 radical (unpaired) electrons. The third-order valence-electron chi connectivity index (χ3n) is 3.90. The summed E-state index contributed by atoms with van der Waals surface area (Å²) in [7, 11) is 0. The second kappa shape index (κ2) is 9.92. The van der Waals surface area contributed by atoms with Crippen LogP contribution in [0, 0.1) is 5.82 Å². The van der Waals surface area contributed by atoms with Gasteiger partial charge in [0.05, 0.1) is 6.20 Å². The van der Waals surface area contributed by atoms with Crippen LogP contribution in [0.3, 0.4) is 0 Å². The van der Waals surface area contributed by atoms with E-state index in [1.807, 2.05) is 30.3 Å². The summed E-state index contributed by atoms with van der Waals surface area (Å²) in [6.45, 7) is 0.619. The highest BCUT2D eigenvalue weighted by molar-refractivity contribution is 7.99. The lowest BCUT2D eigenvalue weighted by Gasteiger charge is -2.04. The number of carbonyl (C=O) groups is 1. The Morgan fingerprint density at radius 1 is 1.11 bits per heavy atom. The molecule has 6 heteroatoms. The van der Waals surface area contributed by atoms with E-state index in [1.54, 1.807) is 30.1 Å². The first-order chi connectivity index (χ1) is 13.2. The van der Waals surface area contributed by atoms with E-state index >= 15 is 0 Å². The molecule has 0 aliphatic rings. The number of nitrogens with one attached hydrogen (secondary N) is 1. The lowest BCUT2D eigenvalue weighted by molar-refractivity contribution is -0.121. The minimum Gasteiger partial charge on any atom is -0.441 e. The van der Waals surface area contributed by atoms with Gasteiger partial charge in [-0.05, 0) is 36.4 Å². The predicted octanol–water partition coefficient (Wildman–Crippen LogP) is 4.71. The fourth-order valence-electron chi connectivity index (χ4n) is 2.49. The van der Waals surface area contributed by atoms with Crippen molar-refractivity contribution in [1.29, 1.82) is 0 Å². The molecule has 27 heavy (non-hydrogen) atoms. The van der Waals surface area contributed by atoms with Crippen molar-refractivity contribution in [2.24, 2.45) is 0 Å². The average molecular weight is 384 g/mol. The Bertz CT molecular complexity index is 850. The number of amides is 1. The van der Waals surface area contributed by atoms with Crippen molar-refractivity contribution in [3.63, 3.8) is 0 Å². The number of benzene rings is 2. The fraction of sp³-hybridized carbons (Fsp3) is 0.238. The van der Waals surface area contributed by atoms with Crippen molar-refractivity contribution in [3.05, 3.63) is 72.5 Å². The molecule has 1 aromatic heterocycles. The Hall–Kier alpha value is -2.60. The van der Waals surface area contributed by atoms with E-state index in [0.29, 0.717) is 31.0 Å². The van der Waals surface area contributed by atoms with E-state index in [2.05, 4.69) is 10.3 Å². The SMILES string of the molecule is O=C(CCc1ncc(-c2ccccc2)o1)NCCCSc1ccc(F)cc1. The molecule has 0 atom stereocenters. The van der Waals surface area contributed by atoms with Gasteiger partial charge in [0.1, 0.15) is 5.82 Å². The van der Waals surface area contributed by atoms with Gasteiger partial charge in [-0.15, -0.1) is 11.8 Å². The first kappa shape index (κ1) is 19.2. The zero-order valence-electron chi connectivity index (χ0n) is 14.9. The van der Waals surface area contributed by atoms with Crippen LogP contribution in [-0.2, 0) is 11.2 Å². The second-order valence-corrected chi connectivity index (χ2v) is 7.16. The third kappa shape index (κ3) is 6.25. The summed E-state index contributed by atoms with van der Waals surface area (Å²) in [5.74, 6) is 1.90. The van der Waals surface area contributed by atoms with E-state index in [9.17, 15) is 9.18 Å². The lowest BCUT2D eigenvalue weighted by atomic mass is 10.2. The van der Waals surface area contributed by atoms with Gasteiger partial charge in [0, 0.05) is 29.8 Å². The standard InChI is InChI=1S/C21H21FN2O2S/c22-17-7-9-18(10-8-17)27-14-4-13-23-20(25)11-12-21-24-15-19(26-21)16-5-2-1-3-6-16/h1-3,5-10,15H,4,11-14H2,(H,23,25). The first-order valence-electron chi connectivity index (χ1n) is 8.86. The van der Waals surface area contributed by atoms with Crippen LogP contribution < -0.4 is 5.32 Å². The van der Waals surface area contributed by atoms with Gasteiger partial charge in [0.15, 0.2) is 11.7 Å². The molecule has 0 saturated heterocycles. The highest BCUT2D eigenvalue weighted by atomic mass is 32.2. The smallest absolute Gasteiger partial charge is 0.220 e.